The molecule has 0 heterocycles. The molecule has 1 atom stereocenters. The van der Waals surface area contributed by atoms with Gasteiger partial charge in [0.2, 0.25) is 0 Å². The highest BCUT2D eigenvalue weighted by Crippen LogP contribution is 2.24. The molecule has 19 heavy (non-hydrogen) atoms. The zero-order valence-corrected chi connectivity index (χ0v) is 12.2. The minimum Gasteiger partial charge on any atom is -0.497 e. The van der Waals surface area contributed by atoms with Crippen molar-refractivity contribution in [2.45, 2.75) is 4.90 Å². The number of methoxy groups -OCH3 is 1. The maximum Gasteiger partial charge on any atom is 0.295 e. The molecule has 0 radical (unpaired) electrons. The Morgan fingerprint density at radius 3 is 2.26 bits per heavy atom. The molecule has 6 heteroatoms. The van der Waals surface area contributed by atoms with Gasteiger partial charge < -0.3 is 4.74 Å². The van der Waals surface area contributed by atoms with Gasteiger partial charge >= 0.3 is 0 Å². The summed E-state index contributed by atoms with van der Waals surface area (Å²) in [6, 6.07) is 12.0. The molecule has 0 amide bonds. The van der Waals surface area contributed by atoms with Crippen LogP contribution in [0, 0.1) is 0 Å². The molecule has 2 aromatic rings. The van der Waals surface area contributed by atoms with Crippen LogP contribution in [0.2, 0.25) is 0 Å². The van der Waals surface area contributed by atoms with Gasteiger partial charge in [0, 0.05) is 0 Å². The van der Waals surface area contributed by atoms with Gasteiger partial charge in [-0.2, -0.15) is 8.42 Å². The van der Waals surface area contributed by atoms with Crippen LogP contribution in [-0.2, 0) is 10.1 Å². The highest BCUT2D eigenvalue weighted by atomic mass is 32.2. The molecule has 0 aliphatic carbocycles. The second kappa shape index (κ2) is 5.29. The molecule has 4 nitrogen and oxygen atoms in total. The summed E-state index contributed by atoms with van der Waals surface area (Å²) >= 11 is 0. The summed E-state index contributed by atoms with van der Waals surface area (Å²) in [4.78, 5) is -0.106. The summed E-state index contributed by atoms with van der Waals surface area (Å²) in [5.41, 5.74) is 1.57. The molecule has 2 rings (SSSR count). The molecule has 1 N–H and O–H groups in total. The smallest absolute Gasteiger partial charge is 0.295 e. The van der Waals surface area contributed by atoms with Gasteiger partial charge in [-0.1, -0.05) is 24.3 Å². The van der Waals surface area contributed by atoms with Gasteiger partial charge in [0.25, 0.3) is 10.1 Å². The Morgan fingerprint density at radius 1 is 1.11 bits per heavy atom. The van der Waals surface area contributed by atoms with E-state index in [1.165, 1.54) is 6.07 Å². The Labute approximate surface area is 114 Å². The van der Waals surface area contributed by atoms with Crippen LogP contribution in [0.25, 0.3) is 11.1 Å². The van der Waals surface area contributed by atoms with Crippen LogP contribution >= 0.6 is 9.24 Å². The number of hydrogen-bond donors (Lipinski definition) is 1. The van der Waals surface area contributed by atoms with Crippen LogP contribution in [0.1, 0.15) is 0 Å². The number of ether oxygens (including phenoxy) is 1. The SMILES string of the molecule is COc1ccc(-c2cccc(S(=O)(=O)O)c2P)cc1. The first kappa shape index (κ1) is 14.0. The molecule has 1 unspecified atom stereocenters. The minimum absolute atomic E-state index is 0.106. The van der Waals surface area contributed by atoms with Crippen molar-refractivity contribution in [3.05, 3.63) is 42.5 Å². The lowest BCUT2D eigenvalue weighted by molar-refractivity contribution is 0.415. The molecule has 0 bridgehead atoms. The Kier molecular flexibility index (Phi) is 3.90. The normalized spacial score (nSPS) is 11.3. The molecular formula is C13H13O4PS. The fourth-order valence-electron chi connectivity index (χ4n) is 1.79. The number of hydrogen-bond acceptors (Lipinski definition) is 3. The zero-order valence-electron chi connectivity index (χ0n) is 10.2. The molecule has 0 saturated heterocycles. The van der Waals surface area contributed by atoms with Gasteiger partial charge in [-0.25, -0.2) is 0 Å². The van der Waals surface area contributed by atoms with E-state index in [1.807, 2.05) is 12.1 Å². The standard InChI is InChI=1S/C13H13O4PS/c1-17-10-7-5-9(6-8-10)11-3-2-4-12(13(11)18)19(14,15)16/h2-8H,18H2,1H3,(H,14,15,16). The fourth-order valence-corrected chi connectivity index (χ4v) is 3.24. The van der Waals surface area contributed by atoms with Crippen LogP contribution in [-0.4, -0.2) is 20.1 Å². The van der Waals surface area contributed by atoms with Crippen molar-refractivity contribution in [1.29, 1.82) is 0 Å². The lowest BCUT2D eigenvalue weighted by Crippen LogP contribution is -2.11. The summed E-state index contributed by atoms with van der Waals surface area (Å²) in [6.45, 7) is 0. The maximum atomic E-state index is 11.3. The maximum absolute atomic E-state index is 11.3. The van der Waals surface area contributed by atoms with Crippen molar-refractivity contribution in [2.24, 2.45) is 0 Å². The van der Waals surface area contributed by atoms with Crippen molar-refractivity contribution < 1.29 is 17.7 Å². The van der Waals surface area contributed by atoms with Crippen molar-refractivity contribution in [3.8, 4) is 16.9 Å². The first-order valence-electron chi connectivity index (χ1n) is 5.44. The van der Waals surface area contributed by atoms with Crippen molar-refractivity contribution in [2.75, 3.05) is 7.11 Å². The van der Waals surface area contributed by atoms with Crippen LogP contribution in [0.3, 0.4) is 0 Å². The van der Waals surface area contributed by atoms with E-state index < -0.39 is 10.1 Å². The largest absolute Gasteiger partial charge is 0.497 e. The Morgan fingerprint density at radius 2 is 1.74 bits per heavy atom. The van der Waals surface area contributed by atoms with Crippen LogP contribution in [0.5, 0.6) is 5.75 Å². The summed E-state index contributed by atoms with van der Waals surface area (Å²) in [5, 5.41) is 0.440. The van der Waals surface area contributed by atoms with E-state index in [0.717, 1.165) is 16.9 Å². The summed E-state index contributed by atoms with van der Waals surface area (Å²) in [6.07, 6.45) is 0. The molecule has 0 aliphatic heterocycles. The van der Waals surface area contributed by atoms with E-state index in [1.54, 1.807) is 31.4 Å². The van der Waals surface area contributed by atoms with Gasteiger partial charge in [0.1, 0.15) is 10.6 Å². The van der Waals surface area contributed by atoms with E-state index in [2.05, 4.69) is 9.24 Å². The highest BCUT2D eigenvalue weighted by molar-refractivity contribution is 7.86. The third-order valence-electron chi connectivity index (χ3n) is 2.75. The molecular weight excluding hydrogens is 283 g/mol. The zero-order chi connectivity index (χ0) is 14.0. The van der Waals surface area contributed by atoms with Gasteiger partial charge in [-0.3, -0.25) is 4.55 Å². The summed E-state index contributed by atoms with van der Waals surface area (Å²) < 4.78 is 36.8. The van der Waals surface area contributed by atoms with E-state index in [4.69, 9.17) is 9.29 Å². The lowest BCUT2D eigenvalue weighted by Gasteiger charge is -2.10. The average Bonchev–Trinajstić information content (AvgIpc) is 2.38. The average molecular weight is 296 g/mol. The third-order valence-corrected chi connectivity index (χ3v) is 4.49. The van der Waals surface area contributed by atoms with Crippen molar-refractivity contribution in [1.82, 2.24) is 0 Å². The lowest BCUT2D eigenvalue weighted by atomic mass is 10.1. The van der Waals surface area contributed by atoms with Crippen LogP contribution in [0.15, 0.2) is 47.4 Å². The van der Waals surface area contributed by atoms with Gasteiger partial charge in [0.05, 0.1) is 7.11 Å². The quantitative estimate of drug-likeness (QED) is 0.696. The van der Waals surface area contributed by atoms with Crippen molar-refractivity contribution >= 4 is 24.7 Å². The van der Waals surface area contributed by atoms with Gasteiger partial charge in [-0.05, 0) is 34.6 Å². The molecule has 0 spiro atoms. The van der Waals surface area contributed by atoms with E-state index in [-0.39, 0.29) is 4.90 Å². The Bertz CT molecular complexity index is 693. The first-order chi connectivity index (χ1) is 8.93. The predicted molar refractivity (Wildman–Crippen MR) is 77.6 cm³/mol. The van der Waals surface area contributed by atoms with Gasteiger partial charge in [-0.15, -0.1) is 9.24 Å². The van der Waals surface area contributed by atoms with E-state index >= 15 is 0 Å². The highest BCUT2D eigenvalue weighted by Gasteiger charge is 2.15. The molecule has 0 aliphatic rings. The number of rotatable bonds is 3. The Hall–Kier alpha value is -1.42. The predicted octanol–water partition coefficient (Wildman–Crippen LogP) is 2.11. The van der Waals surface area contributed by atoms with Crippen molar-refractivity contribution in [3.63, 3.8) is 0 Å². The minimum atomic E-state index is -4.22. The Balaban J connectivity index is 2.57. The molecule has 0 fully saturated rings. The molecule has 0 aromatic heterocycles. The summed E-state index contributed by atoms with van der Waals surface area (Å²) in [5.74, 6) is 0.722. The van der Waals surface area contributed by atoms with E-state index in [9.17, 15) is 8.42 Å². The molecule has 0 saturated carbocycles. The summed E-state index contributed by atoms with van der Waals surface area (Å²) in [7, 11) is -0.286. The monoisotopic (exact) mass is 296 g/mol. The molecule has 2 aromatic carbocycles. The second-order valence-corrected chi connectivity index (χ2v) is 5.89. The van der Waals surface area contributed by atoms with Gasteiger partial charge in [0.15, 0.2) is 0 Å². The molecule has 100 valence electrons. The first-order valence-corrected chi connectivity index (χ1v) is 7.45. The topological polar surface area (TPSA) is 63.6 Å². The second-order valence-electron chi connectivity index (χ2n) is 3.92. The fraction of sp³-hybridized carbons (Fsp3) is 0.0769. The van der Waals surface area contributed by atoms with E-state index in [0.29, 0.717) is 5.30 Å². The van der Waals surface area contributed by atoms with Crippen LogP contribution < -0.4 is 10.0 Å². The third kappa shape index (κ3) is 2.95. The van der Waals surface area contributed by atoms with Crippen LogP contribution in [0.4, 0.5) is 0 Å². The number of benzene rings is 2.